The summed E-state index contributed by atoms with van der Waals surface area (Å²) in [5.74, 6) is -0.215. The predicted molar refractivity (Wildman–Crippen MR) is 62.2 cm³/mol. The van der Waals surface area contributed by atoms with E-state index in [1.807, 2.05) is 6.92 Å². The van der Waals surface area contributed by atoms with Crippen molar-refractivity contribution >= 4 is 5.97 Å². The number of hydrogen-bond donors (Lipinski definition) is 0. The number of likely N-dealkylation sites (tertiary alicyclic amines) is 1. The summed E-state index contributed by atoms with van der Waals surface area (Å²) < 4.78 is 10.2. The average Bonchev–Trinajstić information content (AvgIpc) is 2.36. The second-order valence-corrected chi connectivity index (χ2v) is 4.55. The van der Waals surface area contributed by atoms with Gasteiger partial charge in [0, 0.05) is 19.7 Å². The summed E-state index contributed by atoms with van der Waals surface area (Å²) in [5.41, 5.74) is 0. The first kappa shape index (κ1) is 13.5. The Kier molecular flexibility index (Phi) is 5.22. The molecule has 1 rings (SSSR count). The van der Waals surface area contributed by atoms with Crippen LogP contribution in [0.15, 0.2) is 0 Å². The zero-order valence-corrected chi connectivity index (χ0v) is 10.7. The minimum absolute atomic E-state index is 0.0828. The SMILES string of the molecule is COC(=O)C(C)C(C)N1CCCC(OC)C1. The largest absolute Gasteiger partial charge is 0.469 e. The van der Waals surface area contributed by atoms with Crippen LogP contribution < -0.4 is 0 Å². The van der Waals surface area contributed by atoms with Gasteiger partial charge in [-0.15, -0.1) is 0 Å². The Morgan fingerprint density at radius 2 is 2.06 bits per heavy atom. The van der Waals surface area contributed by atoms with Crippen LogP contribution in [0.2, 0.25) is 0 Å². The fourth-order valence-electron chi connectivity index (χ4n) is 2.23. The third-order valence-electron chi connectivity index (χ3n) is 3.62. The molecule has 0 amide bonds. The van der Waals surface area contributed by atoms with Gasteiger partial charge < -0.3 is 9.47 Å². The second kappa shape index (κ2) is 6.21. The van der Waals surface area contributed by atoms with Crippen molar-refractivity contribution in [1.29, 1.82) is 0 Å². The maximum Gasteiger partial charge on any atom is 0.309 e. The van der Waals surface area contributed by atoms with Gasteiger partial charge in [0.2, 0.25) is 0 Å². The van der Waals surface area contributed by atoms with E-state index in [0.717, 1.165) is 25.9 Å². The van der Waals surface area contributed by atoms with Crippen LogP contribution >= 0.6 is 0 Å². The molecular formula is C12H23NO3. The van der Waals surface area contributed by atoms with Gasteiger partial charge in [-0.05, 0) is 26.3 Å². The van der Waals surface area contributed by atoms with Gasteiger partial charge >= 0.3 is 5.97 Å². The Hall–Kier alpha value is -0.610. The lowest BCUT2D eigenvalue weighted by molar-refractivity contribution is -0.147. The van der Waals surface area contributed by atoms with Crippen molar-refractivity contribution in [3.63, 3.8) is 0 Å². The van der Waals surface area contributed by atoms with Crippen LogP contribution in [0.3, 0.4) is 0 Å². The molecule has 0 spiro atoms. The number of esters is 1. The van der Waals surface area contributed by atoms with Gasteiger partial charge in [-0.25, -0.2) is 0 Å². The highest BCUT2D eigenvalue weighted by atomic mass is 16.5. The molecule has 0 aromatic carbocycles. The number of nitrogens with zero attached hydrogens (tertiary/aromatic N) is 1. The molecule has 94 valence electrons. The van der Waals surface area contributed by atoms with E-state index in [1.54, 1.807) is 7.11 Å². The number of ether oxygens (including phenoxy) is 2. The summed E-state index contributed by atoms with van der Waals surface area (Å²) >= 11 is 0. The maximum atomic E-state index is 11.5. The molecule has 4 heteroatoms. The number of methoxy groups -OCH3 is 2. The first-order chi connectivity index (χ1) is 7.60. The van der Waals surface area contributed by atoms with E-state index in [4.69, 9.17) is 9.47 Å². The highest BCUT2D eigenvalue weighted by molar-refractivity contribution is 5.72. The Balaban J connectivity index is 2.52. The fourth-order valence-corrected chi connectivity index (χ4v) is 2.23. The Labute approximate surface area is 97.9 Å². The summed E-state index contributed by atoms with van der Waals surface area (Å²) in [6.07, 6.45) is 2.56. The van der Waals surface area contributed by atoms with Crippen LogP contribution in [0.5, 0.6) is 0 Å². The number of rotatable bonds is 4. The zero-order chi connectivity index (χ0) is 12.1. The highest BCUT2D eigenvalue weighted by Gasteiger charge is 2.29. The molecule has 0 N–H and O–H groups in total. The molecule has 0 aromatic heterocycles. The van der Waals surface area contributed by atoms with Crippen LogP contribution in [-0.4, -0.2) is 50.3 Å². The van der Waals surface area contributed by atoms with Crippen LogP contribution in [0.1, 0.15) is 26.7 Å². The minimum atomic E-state index is -0.132. The number of carbonyl (C=O) groups is 1. The molecule has 3 atom stereocenters. The molecule has 0 radical (unpaired) electrons. The van der Waals surface area contributed by atoms with Crippen molar-refractivity contribution in [2.24, 2.45) is 5.92 Å². The van der Waals surface area contributed by atoms with Crippen LogP contribution in [0.25, 0.3) is 0 Å². The molecule has 0 aliphatic carbocycles. The van der Waals surface area contributed by atoms with Gasteiger partial charge in [0.1, 0.15) is 0 Å². The van der Waals surface area contributed by atoms with E-state index in [-0.39, 0.29) is 17.9 Å². The smallest absolute Gasteiger partial charge is 0.309 e. The molecule has 1 aliphatic rings. The van der Waals surface area contributed by atoms with E-state index in [0.29, 0.717) is 6.10 Å². The maximum absolute atomic E-state index is 11.5. The van der Waals surface area contributed by atoms with E-state index in [1.165, 1.54) is 7.11 Å². The van der Waals surface area contributed by atoms with Crippen molar-refractivity contribution in [1.82, 2.24) is 4.90 Å². The predicted octanol–water partition coefficient (Wildman–Crippen LogP) is 1.29. The van der Waals surface area contributed by atoms with Crippen LogP contribution in [0.4, 0.5) is 0 Å². The molecule has 4 nitrogen and oxygen atoms in total. The van der Waals surface area contributed by atoms with Gasteiger partial charge in [-0.3, -0.25) is 9.69 Å². The highest BCUT2D eigenvalue weighted by Crippen LogP contribution is 2.19. The van der Waals surface area contributed by atoms with Crippen molar-refractivity contribution in [2.75, 3.05) is 27.3 Å². The molecule has 1 fully saturated rings. The van der Waals surface area contributed by atoms with E-state index >= 15 is 0 Å². The Morgan fingerprint density at radius 3 is 2.62 bits per heavy atom. The van der Waals surface area contributed by atoms with E-state index in [2.05, 4.69) is 11.8 Å². The Morgan fingerprint density at radius 1 is 1.38 bits per heavy atom. The molecule has 1 heterocycles. The van der Waals surface area contributed by atoms with Crippen molar-refractivity contribution in [3.05, 3.63) is 0 Å². The molecule has 0 aromatic rings. The van der Waals surface area contributed by atoms with Crippen molar-refractivity contribution in [3.8, 4) is 0 Å². The van der Waals surface area contributed by atoms with Crippen molar-refractivity contribution in [2.45, 2.75) is 38.8 Å². The number of hydrogen-bond acceptors (Lipinski definition) is 4. The fraction of sp³-hybridized carbons (Fsp3) is 0.917. The monoisotopic (exact) mass is 229 g/mol. The van der Waals surface area contributed by atoms with Gasteiger partial charge in [0.15, 0.2) is 0 Å². The number of carbonyl (C=O) groups excluding carboxylic acids is 1. The molecule has 1 saturated heterocycles. The third-order valence-corrected chi connectivity index (χ3v) is 3.62. The normalized spacial score (nSPS) is 26.1. The molecule has 16 heavy (non-hydrogen) atoms. The minimum Gasteiger partial charge on any atom is -0.469 e. The van der Waals surface area contributed by atoms with Gasteiger partial charge in [0.05, 0.1) is 19.1 Å². The van der Waals surface area contributed by atoms with Gasteiger partial charge in [-0.1, -0.05) is 6.92 Å². The van der Waals surface area contributed by atoms with Crippen LogP contribution in [-0.2, 0) is 14.3 Å². The van der Waals surface area contributed by atoms with Gasteiger partial charge in [-0.2, -0.15) is 0 Å². The molecule has 0 saturated carbocycles. The topological polar surface area (TPSA) is 38.8 Å². The van der Waals surface area contributed by atoms with Crippen LogP contribution in [0, 0.1) is 5.92 Å². The lowest BCUT2D eigenvalue weighted by Crippen LogP contribution is -2.48. The van der Waals surface area contributed by atoms with E-state index in [9.17, 15) is 4.79 Å². The summed E-state index contributed by atoms with van der Waals surface area (Å²) in [5, 5.41) is 0. The van der Waals surface area contributed by atoms with Crippen molar-refractivity contribution < 1.29 is 14.3 Å². The molecule has 0 bridgehead atoms. The number of piperidine rings is 1. The molecular weight excluding hydrogens is 206 g/mol. The van der Waals surface area contributed by atoms with E-state index < -0.39 is 0 Å². The third kappa shape index (κ3) is 3.19. The Bertz CT molecular complexity index is 232. The summed E-state index contributed by atoms with van der Waals surface area (Å²) in [4.78, 5) is 13.8. The summed E-state index contributed by atoms with van der Waals surface area (Å²) in [6, 6.07) is 0.213. The lowest BCUT2D eigenvalue weighted by atomic mass is 9.98. The second-order valence-electron chi connectivity index (χ2n) is 4.55. The first-order valence-electron chi connectivity index (χ1n) is 5.94. The quantitative estimate of drug-likeness (QED) is 0.681. The molecule has 1 aliphatic heterocycles. The average molecular weight is 229 g/mol. The summed E-state index contributed by atoms with van der Waals surface area (Å²) in [7, 11) is 3.20. The summed E-state index contributed by atoms with van der Waals surface area (Å²) in [6.45, 7) is 5.97. The zero-order valence-electron chi connectivity index (χ0n) is 10.7. The lowest BCUT2D eigenvalue weighted by Gasteiger charge is -2.37. The van der Waals surface area contributed by atoms with Gasteiger partial charge in [0.25, 0.3) is 0 Å². The standard InChI is InChI=1S/C12H23NO3/c1-9(12(14)16-4)10(2)13-7-5-6-11(8-13)15-3/h9-11H,5-8H2,1-4H3. The first-order valence-corrected chi connectivity index (χ1v) is 5.94. The molecule has 3 unspecified atom stereocenters.